The van der Waals surface area contributed by atoms with Crippen LogP contribution in [0.4, 0.5) is 0 Å². The molecule has 0 aliphatic carbocycles. The molecule has 0 saturated carbocycles. The van der Waals surface area contributed by atoms with Crippen molar-refractivity contribution in [3.8, 4) is 0 Å². The molecule has 124 valence electrons. The molecule has 2 atom stereocenters. The van der Waals surface area contributed by atoms with E-state index >= 15 is 0 Å². The molecule has 2 aromatic rings. The summed E-state index contributed by atoms with van der Waals surface area (Å²) in [4.78, 5) is 2.67. The molecule has 4 rings (SSSR count). The smallest absolute Gasteiger partial charge is 0.134 e. The molecule has 6 heteroatoms. The first-order valence-corrected chi connectivity index (χ1v) is 8.74. The number of hydrogen-bond donors (Lipinski definition) is 0. The Bertz CT molecular complexity index is 685. The van der Waals surface area contributed by atoms with E-state index in [9.17, 15) is 0 Å². The van der Waals surface area contributed by atoms with Gasteiger partial charge in [0.25, 0.3) is 0 Å². The van der Waals surface area contributed by atoms with Crippen molar-refractivity contribution in [2.24, 2.45) is 13.0 Å². The summed E-state index contributed by atoms with van der Waals surface area (Å²) < 4.78 is 4.30. The molecular formula is C17H26N6. The van der Waals surface area contributed by atoms with Gasteiger partial charge < -0.3 is 4.57 Å². The average molecular weight is 314 g/mol. The van der Waals surface area contributed by atoms with Crippen molar-refractivity contribution in [2.45, 2.75) is 64.7 Å². The van der Waals surface area contributed by atoms with Gasteiger partial charge >= 0.3 is 0 Å². The summed E-state index contributed by atoms with van der Waals surface area (Å²) in [5.74, 6) is 2.98. The number of rotatable bonds is 4. The molecule has 1 saturated heterocycles. The maximum Gasteiger partial charge on any atom is 0.134 e. The van der Waals surface area contributed by atoms with E-state index in [4.69, 9.17) is 0 Å². The molecule has 1 fully saturated rings. The highest BCUT2D eigenvalue weighted by Crippen LogP contribution is 2.32. The summed E-state index contributed by atoms with van der Waals surface area (Å²) >= 11 is 0. The largest absolute Gasteiger partial charge is 0.313 e. The second-order valence-electron chi connectivity index (χ2n) is 7.52. The molecular weight excluding hydrogens is 288 g/mol. The number of aromatic nitrogens is 5. The average Bonchev–Trinajstić information content (AvgIpc) is 3.12. The fourth-order valence-electron chi connectivity index (χ4n) is 4.12. The molecule has 0 unspecified atom stereocenters. The summed E-state index contributed by atoms with van der Waals surface area (Å²) in [6.45, 7) is 6.54. The Balaban J connectivity index is 1.57. The van der Waals surface area contributed by atoms with Crippen LogP contribution in [0.1, 0.15) is 43.9 Å². The van der Waals surface area contributed by atoms with Gasteiger partial charge in [-0.2, -0.15) is 5.10 Å². The molecule has 0 radical (unpaired) electrons. The van der Waals surface area contributed by atoms with Crippen LogP contribution in [0.15, 0.2) is 12.4 Å². The van der Waals surface area contributed by atoms with Crippen LogP contribution in [0.2, 0.25) is 0 Å². The lowest BCUT2D eigenvalue weighted by atomic mass is 10.1. The van der Waals surface area contributed by atoms with E-state index in [0.29, 0.717) is 18.0 Å². The van der Waals surface area contributed by atoms with Gasteiger partial charge in [-0.05, 0) is 18.8 Å². The van der Waals surface area contributed by atoms with Gasteiger partial charge in [0.05, 0.1) is 6.20 Å². The normalized spacial score (nSPS) is 24.2. The second kappa shape index (κ2) is 5.74. The molecule has 2 aliphatic heterocycles. The Hall–Kier alpha value is -1.69. The van der Waals surface area contributed by atoms with Crippen LogP contribution in [-0.2, 0) is 33.0 Å². The Morgan fingerprint density at radius 3 is 2.78 bits per heavy atom. The third kappa shape index (κ3) is 2.80. The predicted molar refractivity (Wildman–Crippen MR) is 87.8 cm³/mol. The van der Waals surface area contributed by atoms with Gasteiger partial charge in [-0.3, -0.25) is 9.58 Å². The van der Waals surface area contributed by atoms with Crippen LogP contribution < -0.4 is 0 Å². The molecule has 2 aromatic heterocycles. The van der Waals surface area contributed by atoms with E-state index in [0.717, 1.165) is 25.9 Å². The van der Waals surface area contributed by atoms with Gasteiger partial charge in [0.1, 0.15) is 11.6 Å². The van der Waals surface area contributed by atoms with Crippen LogP contribution in [0.5, 0.6) is 0 Å². The second-order valence-corrected chi connectivity index (χ2v) is 7.52. The minimum Gasteiger partial charge on any atom is -0.313 e. The Labute approximate surface area is 137 Å². The van der Waals surface area contributed by atoms with Crippen LogP contribution in [0.3, 0.4) is 0 Å². The molecule has 0 amide bonds. The predicted octanol–water partition coefficient (Wildman–Crippen LogP) is 1.80. The number of fused-ring (bicyclic) bond motifs is 3. The lowest BCUT2D eigenvalue weighted by Crippen LogP contribution is -2.36. The van der Waals surface area contributed by atoms with Gasteiger partial charge in [0.2, 0.25) is 0 Å². The maximum atomic E-state index is 4.50. The maximum absolute atomic E-state index is 4.50. The first-order chi connectivity index (χ1) is 11.1. The van der Waals surface area contributed by atoms with Crippen LogP contribution in [-0.4, -0.2) is 41.5 Å². The first-order valence-electron chi connectivity index (χ1n) is 8.74. The van der Waals surface area contributed by atoms with E-state index in [1.807, 2.05) is 17.9 Å². The third-order valence-electron chi connectivity index (χ3n) is 5.20. The van der Waals surface area contributed by atoms with E-state index in [-0.39, 0.29) is 0 Å². The van der Waals surface area contributed by atoms with Crippen molar-refractivity contribution in [1.29, 1.82) is 0 Å². The van der Waals surface area contributed by atoms with Gasteiger partial charge in [-0.15, -0.1) is 10.2 Å². The van der Waals surface area contributed by atoms with E-state index in [2.05, 4.69) is 44.8 Å². The Morgan fingerprint density at radius 1 is 1.22 bits per heavy atom. The van der Waals surface area contributed by atoms with Crippen molar-refractivity contribution < 1.29 is 0 Å². The van der Waals surface area contributed by atoms with Crippen molar-refractivity contribution in [3.63, 3.8) is 0 Å². The SMILES string of the molecule is CC(C)Cc1nnc2n1C[C@H]1CC[C@@H](C2)N1Cc1cnn(C)c1. The van der Waals surface area contributed by atoms with E-state index in [1.165, 1.54) is 30.1 Å². The van der Waals surface area contributed by atoms with Crippen LogP contribution in [0.25, 0.3) is 0 Å². The van der Waals surface area contributed by atoms with Gasteiger partial charge in [0.15, 0.2) is 0 Å². The fourth-order valence-corrected chi connectivity index (χ4v) is 4.12. The molecule has 0 N–H and O–H groups in total. The van der Waals surface area contributed by atoms with Crippen molar-refractivity contribution >= 4 is 0 Å². The standard InChI is InChI=1S/C17H26N6/c1-12(2)6-16-19-20-17-7-14-4-5-15(11-23(16)17)22(14)10-13-8-18-21(3)9-13/h8-9,12,14-15H,4-7,10-11H2,1-3H3/t14-,15+/m0/s1. The summed E-state index contributed by atoms with van der Waals surface area (Å²) in [5.41, 5.74) is 1.31. The monoisotopic (exact) mass is 314 g/mol. The summed E-state index contributed by atoms with van der Waals surface area (Å²) in [5, 5.41) is 13.3. The van der Waals surface area contributed by atoms with E-state index in [1.54, 1.807) is 0 Å². The fraction of sp³-hybridized carbons (Fsp3) is 0.706. The van der Waals surface area contributed by atoms with E-state index < -0.39 is 0 Å². The van der Waals surface area contributed by atoms with Crippen molar-refractivity contribution in [3.05, 3.63) is 29.6 Å². The third-order valence-corrected chi connectivity index (χ3v) is 5.20. The zero-order chi connectivity index (χ0) is 16.0. The zero-order valence-corrected chi connectivity index (χ0v) is 14.3. The zero-order valence-electron chi connectivity index (χ0n) is 14.3. The molecule has 4 heterocycles. The molecule has 6 nitrogen and oxygen atoms in total. The summed E-state index contributed by atoms with van der Waals surface area (Å²) in [6, 6.07) is 1.20. The van der Waals surface area contributed by atoms with Crippen molar-refractivity contribution in [2.75, 3.05) is 0 Å². The Kier molecular flexibility index (Phi) is 3.71. The van der Waals surface area contributed by atoms with Gasteiger partial charge in [-0.25, -0.2) is 0 Å². The van der Waals surface area contributed by atoms with Gasteiger partial charge in [0, 0.05) is 56.8 Å². The molecule has 0 spiro atoms. The molecule has 0 aromatic carbocycles. The number of aryl methyl sites for hydroxylation is 1. The minimum absolute atomic E-state index is 0.595. The summed E-state index contributed by atoms with van der Waals surface area (Å²) in [6.07, 6.45) is 8.74. The van der Waals surface area contributed by atoms with Gasteiger partial charge in [-0.1, -0.05) is 13.8 Å². The molecule has 2 bridgehead atoms. The van der Waals surface area contributed by atoms with Crippen LogP contribution in [0, 0.1) is 5.92 Å². The number of nitrogens with zero attached hydrogens (tertiary/aromatic N) is 6. The lowest BCUT2D eigenvalue weighted by molar-refractivity contribution is 0.179. The lowest BCUT2D eigenvalue weighted by Gasteiger charge is -2.27. The minimum atomic E-state index is 0.595. The van der Waals surface area contributed by atoms with Crippen LogP contribution >= 0.6 is 0 Å². The highest BCUT2D eigenvalue weighted by atomic mass is 15.3. The molecule has 23 heavy (non-hydrogen) atoms. The highest BCUT2D eigenvalue weighted by Gasteiger charge is 2.38. The summed E-state index contributed by atoms with van der Waals surface area (Å²) in [7, 11) is 1.99. The highest BCUT2D eigenvalue weighted by molar-refractivity contribution is 5.10. The first kappa shape index (κ1) is 14.9. The molecule has 2 aliphatic rings. The van der Waals surface area contributed by atoms with Crippen molar-refractivity contribution in [1.82, 2.24) is 29.4 Å². The number of hydrogen-bond acceptors (Lipinski definition) is 4. The topological polar surface area (TPSA) is 51.8 Å². The quantitative estimate of drug-likeness (QED) is 0.863. The Morgan fingerprint density at radius 2 is 2.04 bits per heavy atom.